The summed E-state index contributed by atoms with van der Waals surface area (Å²) in [6.45, 7) is 0. The first-order valence-corrected chi connectivity index (χ1v) is 5.27. The smallest absolute Gasteiger partial charge is 0.726 e. The molecule has 0 saturated heterocycles. The number of nitrogens with one attached hydrogen (secondary N) is 2. The van der Waals surface area contributed by atoms with Gasteiger partial charge in [-0.15, -0.1) is 0 Å². The fourth-order valence-electron chi connectivity index (χ4n) is 1.13. The summed E-state index contributed by atoms with van der Waals surface area (Å²) in [5.41, 5.74) is 14.6. The molecule has 2 unspecified atom stereocenters. The van der Waals surface area contributed by atoms with Gasteiger partial charge in [0.1, 0.15) is 0 Å². The molecule has 5 N–H and O–H groups in total. The summed E-state index contributed by atoms with van der Waals surface area (Å²) in [6.07, 6.45) is 4.25. The summed E-state index contributed by atoms with van der Waals surface area (Å²) in [5, 5.41) is 0. The molecule has 0 radical (unpaired) electrons. The fraction of sp³-hybridized carbons (Fsp3) is 1.00. The predicted octanol–water partition coefficient (Wildman–Crippen LogP) is 0.579. The zero-order valence-electron chi connectivity index (χ0n) is 7.88. The van der Waals surface area contributed by atoms with Crippen LogP contribution < -0.4 is 0 Å². The topological polar surface area (TPSA) is 157 Å². The van der Waals surface area contributed by atoms with Gasteiger partial charge < -0.3 is 21.5 Å². The van der Waals surface area contributed by atoms with Crippen molar-refractivity contribution in [1.82, 2.24) is 0 Å². The summed E-state index contributed by atoms with van der Waals surface area (Å²) in [4.78, 5) is 0. The van der Waals surface area contributed by atoms with Crippen LogP contribution in [0.4, 0.5) is 0 Å². The predicted molar refractivity (Wildman–Crippen MR) is 50.6 cm³/mol. The summed E-state index contributed by atoms with van der Waals surface area (Å²) >= 11 is 0. The minimum absolute atomic E-state index is 0. The van der Waals surface area contributed by atoms with E-state index in [9.17, 15) is 0 Å². The molecule has 0 aromatic carbocycles. The molecule has 9 heteroatoms. The third-order valence-corrected chi connectivity index (χ3v) is 1.77. The molecule has 0 spiro atoms. The van der Waals surface area contributed by atoms with Crippen LogP contribution in [0.15, 0.2) is 0 Å². The second-order valence-electron chi connectivity index (χ2n) is 2.93. The van der Waals surface area contributed by atoms with Crippen molar-refractivity contribution in [2.45, 2.75) is 37.8 Å². The van der Waals surface area contributed by atoms with E-state index >= 15 is 0 Å². The fourth-order valence-corrected chi connectivity index (χ4v) is 1.13. The molecule has 1 saturated carbocycles. The minimum atomic E-state index is -4.92. The van der Waals surface area contributed by atoms with E-state index in [1.165, 1.54) is 12.8 Å². The van der Waals surface area contributed by atoms with E-state index in [1.54, 1.807) is 0 Å². The average molecular weight is 422 g/mol. The molecule has 94 valence electrons. The molecule has 1 aliphatic rings. The van der Waals surface area contributed by atoms with Crippen LogP contribution in [-0.4, -0.2) is 35.1 Å². The molecule has 2 atom stereocenters. The largest absolute Gasteiger partial charge is 4.00 e. The van der Waals surface area contributed by atoms with Crippen LogP contribution in [0.3, 0.4) is 0 Å². The maximum atomic E-state index is 8.63. The van der Waals surface area contributed by atoms with Gasteiger partial charge in [0.25, 0.3) is 0 Å². The molecular formula is C6H15N2O5PtS+. The van der Waals surface area contributed by atoms with E-state index in [1.807, 2.05) is 0 Å². The van der Waals surface area contributed by atoms with Crippen LogP contribution in [0.5, 0.6) is 0 Å². The standard InChI is InChI=1S/C6H12N2.H2O4S.H2O.Pt/c7-5-3-1-2-4-6(5)8;1-5(2,3)4;;/h5-8H,1-4H2;(H2,1,2,3,4);1H2;/q-2;;;+4/p-1. The Kier molecular flexibility index (Phi) is 13.4. The molecule has 1 aliphatic carbocycles. The third kappa shape index (κ3) is 17.1. The van der Waals surface area contributed by atoms with Gasteiger partial charge in [0.2, 0.25) is 10.4 Å². The second kappa shape index (κ2) is 9.65. The number of rotatable bonds is 0. The Morgan fingerprint density at radius 1 is 1.13 bits per heavy atom. The first-order valence-electron chi connectivity index (χ1n) is 3.91. The molecule has 0 aromatic rings. The van der Waals surface area contributed by atoms with Crippen molar-refractivity contribution in [1.29, 1.82) is 0 Å². The molecule has 1 fully saturated rings. The Balaban J connectivity index is -0.000000185. The molecule has 0 amide bonds. The Hall–Kier alpha value is 0.438. The van der Waals surface area contributed by atoms with Gasteiger partial charge in [0, 0.05) is 0 Å². The van der Waals surface area contributed by atoms with Crippen LogP contribution in [0.2, 0.25) is 0 Å². The SMILES string of the molecule is O.O=S(=O)([O-])O.[NH-]C1CCCCC1[NH-].[Pt+4]. The Morgan fingerprint density at radius 3 is 1.47 bits per heavy atom. The number of hydrogen-bond donors (Lipinski definition) is 1. The van der Waals surface area contributed by atoms with Crippen LogP contribution in [-0.2, 0) is 31.5 Å². The zero-order valence-corrected chi connectivity index (χ0v) is 11.0. The second-order valence-corrected chi connectivity index (χ2v) is 3.78. The van der Waals surface area contributed by atoms with Crippen molar-refractivity contribution in [3.05, 3.63) is 11.5 Å². The third-order valence-electron chi connectivity index (χ3n) is 1.77. The molecule has 7 nitrogen and oxygen atoms in total. The van der Waals surface area contributed by atoms with Crippen molar-refractivity contribution in [3.63, 3.8) is 0 Å². The van der Waals surface area contributed by atoms with Gasteiger partial charge in [-0.3, -0.25) is 4.55 Å². The van der Waals surface area contributed by atoms with E-state index in [2.05, 4.69) is 0 Å². The Morgan fingerprint density at radius 2 is 1.33 bits per heavy atom. The molecular weight excluding hydrogens is 407 g/mol. The minimum Gasteiger partial charge on any atom is -0.726 e. The summed E-state index contributed by atoms with van der Waals surface area (Å²) < 4.78 is 32.8. The van der Waals surface area contributed by atoms with Gasteiger partial charge in [-0.2, -0.15) is 12.1 Å². The molecule has 0 aromatic heterocycles. The molecule has 0 bridgehead atoms. The van der Waals surface area contributed by atoms with Gasteiger partial charge in [0.15, 0.2) is 0 Å². The van der Waals surface area contributed by atoms with Crippen molar-refractivity contribution in [2.75, 3.05) is 0 Å². The molecule has 15 heavy (non-hydrogen) atoms. The zero-order chi connectivity index (χ0) is 10.5. The first-order chi connectivity index (χ1) is 5.80. The quantitative estimate of drug-likeness (QED) is 0.447. The first kappa shape index (κ1) is 20.8. The van der Waals surface area contributed by atoms with E-state index in [4.69, 9.17) is 29.0 Å². The van der Waals surface area contributed by atoms with Crippen molar-refractivity contribution in [3.8, 4) is 0 Å². The summed E-state index contributed by atoms with van der Waals surface area (Å²) in [5.74, 6) is 0. The van der Waals surface area contributed by atoms with E-state index in [0.29, 0.717) is 0 Å². The number of hydrogen-bond acceptors (Lipinski definition) is 3. The Labute approximate surface area is 104 Å². The summed E-state index contributed by atoms with van der Waals surface area (Å²) in [7, 11) is -4.92. The van der Waals surface area contributed by atoms with Crippen LogP contribution in [0.25, 0.3) is 11.5 Å². The van der Waals surface area contributed by atoms with Crippen LogP contribution >= 0.6 is 0 Å². The molecule has 0 heterocycles. The van der Waals surface area contributed by atoms with Gasteiger partial charge in [-0.25, -0.2) is 8.42 Å². The average Bonchev–Trinajstić information content (AvgIpc) is 1.92. The van der Waals surface area contributed by atoms with Crippen molar-refractivity contribution < 1.29 is 44.1 Å². The van der Waals surface area contributed by atoms with Gasteiger partial charge >= 0.3 is 21.1 Å². The monoisotopic (exact) mass is 422 g/mol. The van der Waals surface area contributed by atoms with Gasteiger partial charge in [-0.05, 0) is 0 Å². The normalized spacial score (nSPS) is 25.1. The van der Waals surface area contributed by atoms with Crippen molar-refractivity contribution in [2.24, 2.45) is 0 Å². The van der Waals surface area contributed by atoms with E-state index in [0.717, 1.165) is 12.8 Å². The van der Waals surface area contributed by atoms with E-state index in [-0.39, 0.29) is 38.6 Å². The van der Waals surface area contributed by atoms with Crippen LogP contribution in [0, 0.1) is 0 Å². The maximum absolute atomic E-state index is 8.63. The summed E-state index contributed by atoms with van der Waals surface area (Å²) in [6, 6.07) is -0.160. The van der Waals surface area contributed by atoms with Crippen LogP contribution in [0.1, 0.15) is 25.7 Å². The Bertz CT molecular complexity index is 218. The van der Waals surface area contributed by atoms with Gasteiger partial charge in [0.05, 0.1) is 0 Å². The van der Waals surface area contributed by atoms with E-state index < -0.39 is 10.4 Å². The van der Waals surface area contributed by atoms with Crippen molar-refractivity contribution >= 4 is 10.4 Å². The molecule has 0 aliphatic heterocycles. The molecule has 1 rings (SSSR count). The van der Waals surface area contributed by atoms with Gasteiger partial charge in [-0.1, -0.05) is 25.7 Å². The maximum Gasteiger partial charge on any atom is 4.00 e.